The van der Waals surface area contributed by atoms with Crippen LogP contribution in [0, 0.1) is 0 Å². The maximum atomic E-state index is 11.9. The summed E-state index contributed by atoms with van der Waals surface area (Å²) in [5, 5.41) is 2.67. The second-order valence-corrected chi connectivity index (χ2v) is 4.18. The highest BCUT2D eigenvalue weighted by atomic mass is 16.5. The number of H-pyrrole nitrogens is 1. The van der Waals surface area contributed by atoms with E-state index in [-0.39, 0.29) is 17.5 Å². The fraction of sp³-hybridized carbons (Fsp3) is 0.143. The molecule has 0 atom stereocenters. The van der Waals surface area contributed by atoms with E-state index in [0.29, 0.717) is 11.4 Å². The molecule has 0 saturated heterocycles. The molecule has 0 aliphatic carbocycles. The first-order valence-corrected chi connectivity index (χ1v) is 5.99. The second-order valence-electron chi connectivity index (χ2n) is 4.18. The average Bonchev–Trinajstić information content (AvgIpc) is 2.45. The lowest BCUT2D eigenvalue weighted by atomic mass is 10.2. The van der Waals surface area contributed by atoms with Gasteiger partial charge in [-0.15, -0.1) is 0 Å². The van der Waals surface area contributed by atoms with Crippen molar-refractivity contribution >= 4 is 11.6 Å². The van der Waals surface area contributed by atoms with Crippen molar-refractivity contribution in [1.29, 1.82) is 0 Å². The van der Waals surface area contributed by atoms with E-state index in [1.807, 2.05) is 0 Å². The van der Waals surface area contributed by atoms with Crippen molar-refractivity contribution in [2.45, 2.75) is 6.54 Å². The molecule has 2 rings (SSSR count). The third kappa shape index (κ3) is 2.97. The zero-order valence-corrected chi connectivity index (χ0v) is 11.0. The molecule has 1 heterocycles. The Balaban J connectivity index is 2.06. The number of ether oxygens (including phenoxy) is 1. The van der Waals surface area contributed by atoms with E-state index in [1.165, 1.54) is 25.6 Å². The Kier molecular flexibility index (Phi) is 4.05. The topological polar surface area (TPSA) is 97.2 Å². The number of nitrogen functional groups attached to an aromatic ring is 1. The number of methoxy groups -OCH3 is 1. The largest absolute Gasteiger partial charge is 0.495 e. The Morgan fingerprint density at radius 3 is 2.85 bits per heavy atom. The van der Waals surface area contributed by atoms with Gasteiger partial charge in [-0.25, -0.2) is 0 Å². The number of rotatable bonds is 4. The molecule has 0 bridgehead atoms. The zero-order chi connectivity index (χ0) is 14.5. The van der Waals surface area contributed by atoms with Crippen LogP contribution in [0.1, 0.15) is 15.9 Å². The van der Waals surface area contributed by atoms with Gasteiger partial charge in [0, 0.05) is 25.0 Å². The number of anilines is 1. The van der Waals surface area contributed by atoms with Crippen LogP contribution in [-0.4, -0.2) is 18.0 Å². The number of carbonyl (C=O) groups excluding carboxylic acids is 1. The lowest BCUT2D eigenvalue weighted by molar-refractivity contribution is 0.0949. The smallest absolute Gasteiger partial charge is 0.257 e. The van der Waals surface area contributed by atoms with E-state index in [1.54, 1.807) is 18.2 Å². The maximum Gasteiger partial charge on any atom is 0.257 e. The Labute approximate surface area is 115 Å². The number of aromatic amines is 1. The summed E-state index contributed by atoms with van der Waals surface area (Å²) in [5.41, 5.74) is 6.86. The first kappa shape index (κ1) is 13.7. The standard InChI is InChI=1S/C14H15N3O3/c1-20-13-3-2-9(6-11(13)15)7-17-14(19)10-8-16-5-4-12(10)18/h2-6,8H,7,15H2,1H3,(H,16,18)(H,17,19). The summed E-state index contributed by atoms with van der Waals surface area (Å²) < 4.78 is 5.05. The van der Waals surface area contributed by atoms with Crippen LogP contribution in [0.2, 0.25) is 0 Å². The van der Waals surface area contributed by atoms with Gasteiger partial charge in [0.1, 0.15) is 11.3 Å². The highest BCUT2D eigenvalue weighted by Gasteiger charge is 2.09. The monoisotopic (exact) mass is 273 g/mol. The van der Waals surface area contributed by atoms with Crippen molar-refractivity contribution in [3.05, 3.63) is 58.0 Å². The number of hydrogen-bond donors (Lipinski definition) is 3. The third-order valence-electron chi connectivity index (χ3n) is 2.82. The van der Waals surface area contributed by atoms with Crippen molar-refractivity contribution in [2.24, 2.45) is 0 Å². The van der Waals surface area contributed by atoms with Crippen molar-refractivity contribution in [3.63, 3.8) is 0 Å². The number of carbonyl (C=O) groups is 1. The van der Waals surface area contributed by atoms with Gasteiger partial charge in [0.05, 0.1) is 12.8 Å². The number of aromatic nitrogens is 1. The van der Waals surface area contributed by atoms with Crippen molar-refractivity contribution in [2.75, 3.05) is 12.8 Å². The molecule has 0 spiro atoms. The van der Waals surface area contributed by atoms with E-state index in [4.69, 9.17) is 10.5 Å². The van der Waals surface area contributed by atoms with Gasteiger partial charge >= 0.3 is 0 Å². The Morgan fingerprint density at radius 1 is 1.40 bits per heavy atom. The summed E-state index contributed by atoms with van der Waals surface area (Å²) in [5.74, 6) is 0.154. The van der Waals surface area contributed by atoms with Crippen LogP contribution < -0.4 is 21.2 Å². The average molecular weight is 273 g/mol. The lowest BCUT2D eigenvalue weighted by Gasteiger charge is -2.08. The molecule has 1 aromatic heterocycles. The fourth-order valence-electron chi connectivity index (χ4n) is 1.76. The van der Waals surface area contributed by atoms with E-state index >= 15 is 0 Å². The van der Waals surface area contributed by atoms with Crippen LogP contribution in [0.4, 0.5) is 5.69 Å². The minimum Gasteiger partial charge on any atom is -0.495 e. The first-order chi connectivity index (χ1) is 9.61. The van der Waals surface area contributed by atoms with Crippen LogP contribution in [0.5, 0.6) is 5.75 Å². The minimum absolute atomic E-state index is 0.0778. The number of amides is 1. The molecular formula is C14H15N3O3. The molecule has 20 heavy (non-hydrogen) atoms. The summed E-state index contributed by atoms with van der Waals surface area (Å²) in [6.07, 6.45) is 2.85. The predicted octanol–water partition coefficient (Wildman–Crippen LogP) is 0.896. The molecule has 0 radical (unpaired) electrons. The summed E-state index contributed by atoms with van der Waals surface area (Å²) in [6.45, 7) is 0.279. The summed E-state index contributed by atoms with van der Waals surface area (Å²) in [4.78, 5) is 26.1. The molecule has 0 fully saturated rings. The van der Waals surface area contributed by atoms with E-state index in [9.17, 15) is 9.59 Å². The number of pyridine rings is 1. The van der Waals surface area contributed by atoms with Crippen molar-refractivity contribution in [3.8, 4) is 5.75 Å². The van der Waals surface area contributed by atoms with Crippen molar-refractivity contribution < 1.29 is 9.53 Å². The summed E-state index contributed by atoms with van der Waals surface area (Å²) in [7, 11) is 1.54. The van der Waals surface area contributed by atoms with Crippen LogP contribution in [0.15, 0.2) is 41.5 Å². The number of nitrogens with two attached hydrogens (primary N) is 1. The molecule has 2 aromatic rings. The quantitative estimate of drug-likeness (QED) is 0.721. The van der Waals surface area contributed by atoms with Crippen LogP contribution >= 0.6 is 0 Å². The maximum absolute atomic E-state index is 11.9. The van der Waals surface area contributed by atoms with Gasteiger partial charge in [-0.2, -0.15) is 0 Å². The Hall–Kier alpha value is -2.76. The van der Waals surface area contributed by atoms with E-state index in [2.05, 4.69) is 10.3 Å². The van der Waals surface area contributed by atoms with E-state index in [0.717, 1.165) is 5.56 Å². The van der Waals surface area contributed by atoms with Gasteiger partial charge in [0.15, 0.2) is 5.43 Å². The molecule has 1 amide bonds. The molecule has 6 nitrogen and oxygen atoms in total. The molecule has 4 N–H and O–H groups in total. The van der Waals surface area contributed by atoms with Crippen LogP contribution in [0.3, 0.4) is 0 Å². The normalized spacial score (nSPS) is 10.1. The molecule has 0 aliphatic heterocycles. The van der Waals surface area contributed by atoms with Gasteiger partial charge in [-0.1, -0.05) is 6.07 Å². The third-order valence-corrected chi connectivity index (χ3v) is 2.82. The number of hydrogen-bond acceptors (Lipinski definition) is 4. The number of nitrogens with one attached hydrogen (secondary N) is 2. The Morgan fingerprint density at radius 2 is 2.20 bits per heavy atom. The molecule has 6 heteroatoms. The highest BCUT2D eigenvalue weighted by Crippen LogP contribution is 2.21. The molecule has 0 saturated carbocycles. The van der Waals surface area contributed by atoms with Gasteiger partial charge in [-0.3, -0.25) is 9.59 Å². The number of benzene rings is 1. The van der Waals surface area contributed by atoms with Crippen LogP contribution in [0.25, 0.3) is 0 Å². The van der Waals surface area contributed by atoms with Gasteiger partial charge in [0.25, 0.3) is 5.91 Å². The minimum atomic E-state index is -0.429. The van der Waals surface area contributed by atoms with E-state index < -0.39 is 5.91 Å². The SMILES string of the molecule is COc1ccc(CNC(=O)c2c[nH]ccc2=O)cc1N. The highest BCUT2D eigenvalue weighted by molar-refractivity contribution is 5.93. The van der Waals surface area contributed by atoms with Gasteiger partial charge in [-0.05, 0) is 17.7 Å². The summed E-state index contributed by atoms with van der Waals surface area (Å²) >= 11 is 0. The fourth-order valence-corrected chi connectivity index (χ4v) is 1.76. The lowest BCUT2D eigenvalue weighted by Crippen LogP contribution is -2.28. The molecule has 0 aliphatic rings. The van der Waals surface area contributed by atoms with Gasteiger partial charge in [0.2, 0.25) is 0 Å². The first-order valence-electron chi connectivity index (χ1n) is 5.99. The second kappa shape index (κ2) is 5.92. The van der Waals surface area contributed by atoms with Gasteiger partial charge < -0.3 is 20.8 Å². The summed E-state index contributed by atoms with van der Waals surface area (Å²) in [6, 6.07) is 6.55. The molecule has 0 unspecified atom stereocenters. The molecule has 1 aromatic carbocycles. The van der Waals surface area contributed by atoms with Crippen LogP contribution in [-0.2, 0) is 6.54 Å². The zero-order valence-electron chi connectivity index (χ0n) is 11.0. The Bertz CT molecular complexity index is 679. The molecule has 104 valence electrons. The molecular weight excluding hydrogens is 258 g/mol. The predicted molar refractivity (Wildman–Crippen MR) is 75.6 cm³/mol. The van der Waals surface area contributed by atoms with Crippen molar-refractivity contribution in [1.82, 2.24) is 10.3 Å².